The van der Waals surface area contributed by atoms with Gasteiger partial charge in [0.05, 0.1) is 13.2 Å². The largest absolute Gasteiger partial charge is 0.472 e. The van der Waals surface area contributed by atoms with Crippen molar-refractivity contribution in [3.63, 3.8) is 0 Å². The number of aliphatic hydroxyl groups is 9. The summed E-state index contributed by atoms with van der Waals surface area (Å²) in [5, 5.41) is 102. The number of phosphoric acid groups is 1. The summed E-state index contributed by atoms with van der Waals surface area (Å²) in [5.41, 5.74) is 0. The molecule has 660 valence electrons. The van der Waals surface area contributed by atoms with Crippen LogP contribution in [0.3, 0.4) is 0 Å². The first-order chi connectivity index (χ1) is 54.7. The lowest BCUT2D eigenvalue weighted by Gasteiger charge is -2.50. The van der Waals surface area contributed by atoms with Crippen molar-refractivity contribution in [3.05, 3.63) is 36.5 Å². The van der Waals surface area contributed by atoms with Crippen LogP contribution in [0.15, 0.2) is 36.5 Å². The van der Waals surface area contributed by atoms with Gasteiger partial charge in [0, 0.05) is 25.7 Å². The lowest BCUT2D eigenvalue weighted by atomic mass is 9.84. The highest BCUT2D eigenvalue weighted by Gasteiger charge is 2.60. The van der Waals surface area contributed by atoms with E-state index in [2.05, 4.69) is 64.2 Å². The average Bonchev–Trinajstić information content (AvgIpc) is 0.754. The SMILES string of the molecule is CCCCCC/C=C\CCCCCCCCCC(=O)OC(COC(=O)CCCCC/C=C\CCCCCCCC)COP(=O)(O)OC1C(OC2OC(CO)C(O)C(O)C2O)C(O)C(O)C(OC(=O)CCCCCCCCCCCCCCC)C1OC1OC(COC(=O)CCCCC/C=C\CCCCCCCC)C(O)C(O)C1O. The molecular formula is C87H157O25P. The number of rotatable bonds is 71. The summed E-state index contributed by atoms with van der Waals surface area (Å²) in [6.07, 6.45) is 26.0. The van der Waals surface area contributed by atoms with Crippen LogP contribution < -0.4 is 0 Å². The normalized spacial score (nSPS) is 25.6. The fourth-order valence-corrected chi connectivity index (χ4v) is 15.4. The Labute approximate surface area is 678 Å². The Balaban J connectivity index is 1.94. The lowest BCUT2D eigenvalue weighted by molar-refractivity contribution is -0.360. The first-order valence-electron chi connectivity index (χ1n) is 44.7. The number of aliphatic hydroxyl groups excluding tert-OH is 9. The van der Waals surface area contributed by atoms with E-state index < -0.39 is 162 Å². The van der Waals surface area contributed by atoms with Gasteiger partial charge >= 0.3 is 31.7 Å². The van der Waals surface area contributed by atoms with Gasteiger partial charge in [-0.2, -0.15) is 0 Å². The summed E-state index contributed by atoms with van der Waals surface area (Å²) in [5.74, 6) is -3.01. The molecule has 1 aliphatic carbocycles. The highest BCUT2D eigenvalue weighted by Crippen LogP contribution is 2.49. The predicted molar refractivity (Wildman–Crippen MR) is 435 cm³/mol. The number of esters is 4. The zero-order valence-corrected chi connectivity index (χ0v) is 70.8. The molecule has 18 unspecified atom stereocenters. The molecule has 26 heteroatoms. The van der Waals surface area contributed by atoms with Gasteiger partial charge < -0.3 is 88.7 Å². The molecule has 0 aromatic heterocycles. The maximum Gasteiger partial charge on any atom is 0.472 e. The molecule has 3 fully saturated rings. The summed E-state index contributed by atoms with van der Waals surface area (Å²) >= 11 is 0. The third-order valence-electron chi connectivity index (χ3n) is 21.6. The van der Waals surface area contributed by atoms with Crippen molar-refractivity contribution in [3.8, 4) is 0 Å². The van der Waals surface area contributed by atoms with Crippen LogP contribution in [-0.2, 0) is 70.7 Å². The Morgan fingerprint density at radius 1 is 0.345 bits per heavy atom. The topological polar surface area (TPSA) is 380 Å². The van der Waals surface area contributed by atoms with Gasteiger partial charge in [-0.25, -0.2) is 4.57 Å². The summed E-state index contributed by atoms with van der Waals surface area (Å²) < 4.78 is 73.2. The zero-order valence-electron chi connectivity index (χ0n) is 69.9. The third-order valence-corrected chi connectivity index (χ3v) is 22.6. The molecule has 0 aromatic carbocycles. The molecule has 0 aromatic rings. The molecule has 2 saturated heterocycles. The minimum absolute atomic E-state index is 0.00735. The van der Waals surface area contributed by atoms with E-state index in [0.29, 0.717) is 44.9 Å². The Bertz CT molecular complexity index is 2510. The average molecular weight is 1630 g/mol. The van der Waals surface area contributed by atoms with Crippen molar-refractivity contribution in [2.75, 3.05) is 26.4 Å². The Morgan fingerprint density at radius 3 is 1.07 bits per heavy atom. The number of hydrogen-bond acceptors (Lipinski definition) is 24. The van der Waals surface area contributed by atoms with Crippen molar-refractivity contribution in [1.29, 1.82) is 0 Å². The number of allylic oxidation sites excluding steroid dienone is 6. The van der Waals surface area contributed by atoms with Crippen molar-refractivity contribution < 1.29 is 122 Å². The number of carbonyl (C=O) groups excluding carboxylic acids is 4. The second-order valence-electron chi connectivity index (χ2n) is 31.7. The van der Waals surface area contributed by atoms with Gasteiger partial charge in [-0.1, -0.05) is 270 Å². The number of hydrogen-bond donors (Lipinski definition) is 10. The van der Waals surface area contributed by atoms with Gasteiger partial charge in [-0.05, 0) is 103 Å². The fraction of sp³-hybridized carbons (Fsp3) is 0.885. The minimum atomic E-state index is -5.81. The Kier molecular flexibility index (Phi) is 61.1. The van der Waals surface area contributed by atoms with E-state index in [0.717, 1.165) is 135 Å². The number of phosphoric ester groups is 1. The first kappa shape index (κ1) is 104. The van der Waals surface area contributed by atoms with Crippen molar-refractivity contribution in [1.82, 2.24) is 0 Å². The Hall–Kier alpha value is -3.31. The van der Waals surface area contributed by atoms with Crippen LogP contribution in [-0.4, -0.2) is 205 Å². The summed E-state index contributed by atoms with van der Waals surface area (Å²) in [4.78, 5) is 66.2. The van der Waals surface area contributed by atoms with E-state index >= 15 is 0 Å². The third kappa shape index (κ3) is 47.3. The minimum Gasteiger partial charge on any atom is -0.463 e. The summed E-state index contributed by atoms with van der Waals surface area (Å²) in [7, 11) is -5.81. The van der Waals surface area contributed by atoms with E-state index in [-0.39, 0.29) is 25.7 Å². The monoisotopic (exact) mass is 1630 g/mol. The van der Waals surface area contributed by atoms with Crippen LogP contribution in [0.4, 0.5) is 0 Å². The number of carbonyl (C=O) groups is 4. The van der Waals surface area contributed by atoms with Crippen LogP contribution in [0.1, 0.15) is 362 Å². The van der Waals surface area contributed by atoms with Gasteiger partial charge in [-0.3, -0.25) is 28.2 Å². The zero-order chi connectivity index (χ0) is 82.5. The predicted octanol–water partition coefficient (Wildman–Crippen LogP) is 15.5. The molecule has 25 nitrogen and oxygen atoms in total. The molecule has 3 rings (SSSR count). The molecule has 0 amide bonds. The van der Waals surface area contributed by atoms with Gasteiger partial charge in [0.1, 0.15) is 92.6 Å². The van der Waals surface area contributed by atoms with E-state index in [9.17, 15) is 74.6 Å². The van der Waals surface area contributed by atoms with Crippen molar-refractivity contribution in [2.45, 2.75) is 466 Å². The molecule has 0 radical (unpaired) electrons. The van der Waals surface area contributed by atoms with E-state index in [1.165, 1.54) is 128 Å². The molecule has 113 heavy (non-hydrogen) atoms. The van der Waals surface area contributed by atoms with E-state index in [4.69, 9.17) is 46.9 Å². The smallest absolute Gasteiger partial charge is 0.463 e. The summed E-state index contributed by atoms with van der Waals surface area (Å²) in [6.45, 7) is 5.50. The molecule has 1 saturated carbocycles. The summed E-state index contributed by atoms with van der Waals surface area (Å²) in [6, 6.07) is 0. The van der Waals surface area contributed by atoms with Crippen LogP contribution >= 0.6 is 7.82 Å². The van der Waals surface area contributed by atoms with Gasteiger partial charge in [-0.15, -0.1) is 0 Å². The molecule has 3 aliphatic rings. The van der Waals surface area contributed by atoms with Crippen molar-refractivity contribution in [2.24, 2.45) is 0 Å². The van der Waals surface area contributed by atoms with Gasteiger partial charge in [0.2, 0.25) is 0 Å². The molecule has 2 heterocycles. The highest BCUT2D eigenvalue weighted by molar-refractivity contribution is 7.47. The van der Waals surface area contributed by atoms with Crippen LogP contribution in [0.2, 0.25) is 0 Å². The van der Waals surface area contributed by atoms with Gasteiger partial charge in [0.25, 0.3) is 0 Å². The number of ether oxygens (including phenoxy) is 8. The molecule has 18 atom stereocenters. The highest BCUT2D eigenvalue weighted by atomic mass is 31.2. The van der Waals surface area contributed by atoms with Crippen molar-refractivity contribution >= 4 is 31.7 Å². The standard InChI is InChI=1S/C87H157O25P/c1-5-9-13-17-21-25-29-33-34-38-42-45-49-53-57-61-72(91)106-67(64-103-70(89)59-55-51-47-43-39-35-30-26-22-18-14-10-6-2)65-105-113(101,102)112-85-83(110-86-80(99)76(95)74(93)68(63-88)107-86)79(98)78(97)82(109-73(92)62-58-54-50-46-41-37-32-28-24-20-16-12-8-4)84(85)111-87-81(100)77(96)75(94)69(108-87)66-104-71(90)60-56-52-48-44-40-36-31-27-23-19-15-11-7-3/h25,29,35-36,39-40,67-69,74-88,93-100H,5-24,26-28,30-34,37-38,41-66H2,1-4H3,(H,101,102)/b29-25-,39-35-,40-36-. The lowest BCUT2D eigenvalue weighted by Crippen LogP contribution is -2.70. The fourth-order valence-electron chi connectivity index (χ4n) is 14.4. The molecule has 2 aliphatic heterocycles. The molecular weight excluding hydrogens is 1480 g/mol. The van der Waals surface area contributed by atoms with Crippen LogP contribution in [0, 0.1) is 0 Å². The van der Waals surface area contributed by atoms with E-state index in [1.54, 1.807) is 0 Å². The quantitative estimate of drug-likeness (QED) is 0.00889. The van der Waals surface area contributed by atoms with Crippen LogP contribution in [0.25, 0.3) is 0 Å². The second kappa shape index (κ2) is 66.5. The molecule has 10 N–H and O–H groups in total. The maximum absolute atomic E-state index is 14.9. The number of unbranched alkanes of at least 4 members (excludes halogenated alkanes) is 41. The first-order valence-corrected chi connectivity index (χ1v) is 46.2. The molecule has 0 spiro atoms. The second-order valence-corrected chi connectivity index (χ2v) is 33.1. The maximum atomic E-state index is 14.9. The van der Waals surface area contributed by atoms with Gasteiger partial charge in [0.15, 0.2) is 24.8 Å². The van der Waals surface area contributed by atoms with Crippen LogP contribution in [0.5, 0.6) is 0 Å². The molecule has 0 bridgehead atoms. The van der Waals surface area contributed by atoms with E-state index in [1.807, 2.05) is 0 Å². The Morgan fingerprint density at radius 2 is 0.664 bits per heavy atom.